The number of nitro groups is 1. The molecule has 2 aliphatic rings. The summed E-state index contributed by atoms with van der Waals surface area (Å²) in [5, 5.41) is 20.4. The lowest BCUT2D eigenvalue weighted by Crippen LogP contribution is -2.33. The van der Waals surface area contributed by atoms with Crippen molar-refractivity contribution in [2.45, 2.75) is 18.7 Å². The van der Waals surface area contributed by atoms with Crippen molar-refractivity contribution in [3.05, 3.63) is 118 Å². The average molecular weight is 421 g/mol. The van der Waals surface area contributed by atoms with Crippen LogP contribution in [0.15, 0.2) is 96.1 Å². The fourth-order valence-electron chi connectivity index (χ4n) is 4.56. The van der Waals surface area contributed by atoms with Crippen molar-refractivity contribution < 1.29 is 9.66 Å². The van der Waals surface area contributed by atoms with Gasteiger partial charge in [-0.1, -0.05) is 54.6 Å². The van der Waals surface area contributed by atoms with Gasteiger partial charge in [0.2, 0.25) is 6.23 Å². The predicted octanol–water partition coefficient (Wildman–Crippen LogP) is 5.99. The molecule has 4 aromatic carbocycles. The number of benzene rings is 4. The van der Waals surface area contributed by atoms with E-state index in [4.69, 9.17) is 9.84 Å². The van der Waals surface area contributed by atoms with E-state index < -0.39 is 11.2 Å². The van der Waals surface area contributed by atoms with Crippen LogP contribution in [-0.2, 0) is 0 Å². The first-order valence-electron chi connectivity index (χ1n) is 10.5. The molecule has 2 heterocycles. The summed E-state index contributed by atoms with van der Waals surface area (Å²) >= 11 is 0. The number of fused-ring (bicyclic) bond motifs is 4. The number of nitrogens with zero attached hydrogens (tertiary/aromatic N) is 3. The van der Waals surface area contributed by atoms with Gasteiger partial charge in [0.15, 0.2) is 0 Å². The Balaban J connectivity index is 1.42. The SMILES string of the molecule is O=[N+]([O-])c1ccc([C@H]2Oc3ccccc3[C@@H]3CC(c4ccc5ccccc5c4)=NN23)cc1. The van der Waals surface area contributed by atoms with Gasteiger partial charge in [-0.3, -0.25) is 10.1 Å². The Labute approximate surface area is 184 Å². The molecular weight excluding hydrogens is 402 g/mol. The number of para-hydroxylation sites is 1. The van der Waals surface area contributed by atoms with Crippen molar-refractivity contribution in [3.8, 4) is 5.75 Å². The first-order valence-corrected chi connectivity index (χ1v) is 10.5. The minimum Gasteiger partial charge on any atom is -0.464 e. The van der Waals surface area contributed by atoms with E-state index >= 15 is 0 Å². The van der Waals surface area contributed by atoms with E-state index in [-0.39, 0.29) is 11.7 Å². The highest BCUT2D eigenvalue weighted by atomic mass is 16.6. The van der Waals surface area contributed by atoms with Crippen LogP contribution in [0.5, 0.6) is 5.75 Å². The van der Waals surface area contributed by atoms with Crippen molar-refractivity contribution in [2.75, 3.05) is 0 Å². The summed E-state index contributed by atoms with van der Waals surface area (Å²) in [6, 6.07) is 29.3. The molecule has 0 spiro atoms. The smallest absolute Gasteiger partial charge is 0.269 e. The lowest BCUT2D eigenvalue weighted by Gasteiger charge is -2.38. The summed E-state index contributed by atoms with van der Waals surface area (Å²) < 4.78 is 6.34. The monoisotopic (exact) mass is 421 g/mol. The van der Waals surface area contributed by atoms with Gasteiger partial charge in [0, 0.05) is 29.7 Å². The predicted molar refractivity (Wildman–Crippen MR) is 123 cm³/mol. The number of hydrazone groups is 1. The van der Waals surface area contributed by atoms with E-state index in [0.717, 1.165) is 34.6 Å². The summed E-state index contributed by atoms with van der Waals surface area (Å²) in [5.74, 6) is 0.826. The lowest BCUT2D eigenvalue weighted by molar-refractivity contribution is -0.384. The normalized spacial score (nSPS) is 19.1. The topological polar surface area (TPSA) is 68.0 Å². The van der Waals surface area contributed by atoms with Crippen LogP contribution in [0.1, 0.15) is 35.4 Å². The molecule has 6 heteroatoms. The molecule has 2 atom stereocenters. The van der Waals surface area contributed by atoms with Gasteiger partial charge in [0.25, 0.3) is 5.69 Å². The van der Waals surface area contributed by atoms with Gasteiger partial charge in [-0.15, -0.1) is 0 Å². The number of ether oxygens (including phenoxy) is 1. The lowest BCUT2D eigenvalue weighted by atomic mass is 9.95. The summed E-state index contributed by atoms with van der Waals surface area (Å²) in [5.41, 5.74) is 4.10. The van der Waals surface area contributed by atoms with Gasteiger partial charge >= 0.3 is 0 Å². The van der Waals surface area contributed by atoms with Gasteiger partial charge in [0.1, 0.15) is 5.75 Å². The van der Waals surface area contributed by atoms with E-state index in [1.54, 1.807) is 12.1 Å². The van der Waals surface area contributed by atoms with E-state index in [1.807, 2.05) is 35.3 Å². The molecule has 0 saturated heterocycles. The quantitative estimate of drug-likeness (QED) is 0.301. The van der Waals surface area contributed by atoms with E-state index in [2.05, 4.69) is 36.4 Å². The van der Waals surface area contributed by atoms with E-state index in [0.29, 0.717) is 0 Å². The van der Waals surface area contributed by atoms with Gasteiger partial charge in [-0.2, -0.15) is 5.10 Å². The minimum absolute atomic E-state index is 0.0432. The van der Waals surface area contributed by atoms with Crippen molar-refractivity contribution in [2.24, 2.45) is 5.10 Å². The van der Waals surface area contributed by atoms with E-state index in [1.165, 1.54) is 22.9 Å². The Hall–Kier alpha value is -4.19. The molecule has 0 N–H and O–H groups in total. The third-order valence-corrected chi connectivity index (χ3v) is 6.17. The molecule has 6 nitrogen and oxygen atoms in total. The van der Waals surface area contributed by atoms with Crippen molar-refractivity contribution in [1.82, 2.24) is 5.01 Å². The second-order valence-electron chi connectivity index (χ2n) is 8.07. The van der Waals surface area contributed by atoms with Crippen molar-refractivity contribution in [3.63, 3.8) is 0 Å². The van der Waals surface area contributed by atoms with Crippen LogP contribution in [0.3, 0.4) is 0 Å². The Kier molecular flexibility index (Phi) is 4.18. The fourth-order valence-corrected chi connectivity index (χ4v) is 4.56. The third-order valence-electron chi connectivity index (χ3n) is 6.17. The zero-order chi connectivity index (χ0) is 21.7. The second-order valence-corrected chi connectivity index (χ2v) is 8.07. The molecule has 0 unspecified atom stereocenters. The first-order chi connectivity index (χ1) is 15.7. The number of nitro benzene ring substituents is 1. The number of rotatable bonds is 3. The van der Waals surface area contributed by atoms with Crippen LogP contribution in [0.25, 0.3) is 10.8 Å². The fraction of sp³-hybridized carbons (Fsp3) is 0.115. The van der Waals surface area contributed by atoms with Crippen LogP contribution in [0.2, 0.25) is 0 Å². The molecule has 0 aliphatic carbocycles. The number of hydrogen-bond donors (Lipinski definition) is 0. The summed E-state index contributed by atoms with van der Waals surface area (Å²) in [7, 11) is 0. The summed E-state index contributed by atoms with van der Waals surface area (Å²) in [6.07, 6.45) is 0.316. The van der Waals surface area contributed by atoms with Gasteiger partial charge in [-0.05, 0) is 40.6 Å². The molecule has 32 heavy (non-hydrogen) atoms. The molecule has 156 valence electrons. The molecule has 2 aliphatic heterocycles. The Morgan fingerprint density at radius 2 is 1.66 bits per heavy atom. The standard InChI is InChI=1S/C26H19N3O3/c30-29(31)21-13-11-18(12-14-21)26-28-24(22-7-3-4-8-25(22)32-26)16-23(27-28)20-10-9-17-5-1-2-6-19(17)15-20/h1-15,24,26H,16H2/t24-,26+/m0/s1. The van der Waals surface area contributed by atoms with Gasteiger partial charge in [-0.25, -0.2) is 5.01 Å². The molecule has 0 fully saturated rings. The highest BCUT2D eigenvalue weighted by Gasteiger charge is 2.40. The van der Waals surface area contributed by atoms with Crippen LogP contribution >= 0.6 is 0 Å². The molecule has 0 bridgehead atoms. The summed E-state index contributed by atoms with van der Waals surface area (Å²) in [6.45, 7) is 0. The van der Waals surface area contributed by atoms with Gasteiger partial charge < -0.3 is 4.74 Å². The Morgan fingerprint density at radius 1 is 0.906 bits per heavy atom. The Morgan fingerprint density at radius 3 is 2.47 bits per heavy atom. The average Bonchev–Trinajstić information content (AvgIpc) is 3.29. The molecule has 0 radical (unpaired) electrons. The second kappa shape index (κ2) is 7.20. The molecular formula is C26H19N3O3. The highest BCUT2D eigenvalue weighted by Crippen LogP contribution is 2.47. The van der Waals surface area contributed by atoms with Crippen LogP contribution in [-0.4, -0.2) is 15.6 Å². The molecule has 6 rings (SSSR count). The number of hydrogen-bond acceptors (Lipinski definition) is 5. The van der Waals surface area contributed by atoms with Crippen molar-refractivity contribution in [1.29, 1.82) is 0 Å². The summed E-state index contributed by atoms with van der Waals surface area (Å²) in [4.78, 5) is 10.7. The highest BCUT2D eigenvalue weighted by molar-refractivity contribution is 6.04. The van der Waals surface area contributed by atoms with Crippen LogP contribution in [0, 0.1) is 10.1 Å². The molecule has 0 aromatic heterocycles. The van der Waals surface area contributed by atoms with Crippen LogP contribution < -0.4 is 4.74 Å². The third kappa shape index (κ3) is 3.00. The Bertz CT molecular complexity index is 1380. The zero-order valence-corrected chi connectivity index (χ0v) is 17.1. The maximum absolute atomic E-state index is 11.1. The largest absolute Gasteiger partial charge is 0.464 e. The maximum atomic E-state index is 11.1. The first kappa shape index (κ1) is 18.6. The minimum atomic E-state index is -0.450. The molecule has 0 amide bonds. The zero-order valence-electron chi connectivity index (χ0n) is 17.1. The molecule has 0 saturated carbocycles. The van der Waals surface area contributed by atoms with Crippen LogP contribution in [0.4, 0.5) is 5.69 Å². The number of non-ortho nitro benzene ring substituents is 1. The molecule has 4 aromatic rings. The van der Waals surface area contributed by atoms with E-state index in [9.17, 15) is 10.1 Å². The van der Waals surface area contributed by atoms with Gasteiger partial charge in [0.05, 0.1) is 16.7 Å². The maximum Gasteiger partial charge on any atom is 0.269 e. The van der Waals surface area contributed by atoms with Crippen molar-refractivity contribution >= 4 is 22.2 Å².